The highest BCUT2D eigenvalue weighted by molar-refractivity contribution is 6.31. The molecule has 0 aromatic heterocycles. The Labute approximate surface area is 120 Å². The number of anilines is 2. The molecule has 0 saturated carbocycles. The number of unbranched alkanes of at least 4 members (excludes halogenated alkanes) is 5. The summed E-state index contributed by atoms with van der Waals surface area (Å²) in [5.74, 6) is 0.00413. The van der Waals surface area contributed by atoms with Crippen LogP contribution in [0.3, 0.4) is 0 Å². The fourth-order valence-electron chi connectivity index (χ4n) is 1.92. The van der Waals surface area contributed by atoms with Crippen molar-refractivity contribution in [1.29, 1.82) is 0 Å². The number of nitrogen functional groups attached to an aromatic ring is 1. The molecule has 3 nitrogen and oxygen atoms in total. The van der Waals surface area contributed by atoms with Crippen LogP contribution in [0.15, 0.2) is 18.2 Å². The highest BCUT2D eigenvalue weighted by Gasteiger charge is 2.05. The number of amides is 1. The van der Waals surface area contributed by atoms with Crippen LogP contribution in [0.4, 0.5) is 11.4 Å². The second-order valence-corrected chi connectivity index (χ2v) is 5.23. The molecular weight excluding hydrogens is 260 g/mol. The van der Waals surface area contributed by atoms with E-state index in [1.54, 1.807) is 18.2 Å². The van der Waals surface area contributed by atoms with Crippen molar-refractivity contribution in [3.63, 3.8) is 0 Å². The number of halogens is 1. The van der Waals surface area contributed by atoms with E-state index in [9.17, 15) is 4.79 Å². The van der Waals surface area contributed by atoms with Gasteiger partial charge in [-0.25, -0.2) is 0 Å². The molecule has 106 valence electrons. The minimum Gasteiger partial charge on any atom is -0.397 e. The second-order valence-electron chi connectivity index (χ2n) is 4.80. The molecule has 3 N–H and O–H groups in total. The van der Waals surface area contributed by atoms with E-state index < -0.39 is 0 Å². The van der Waals surface area contributed by atoms with Gasteiger partial charge in [-0.3, -0.25) is 4.79 Å². The summed E-state index contributed by atoms with van der Waals surface area (Å²) >= 11 is 5.87. The van der Waals surface area contributed by atoms with Crippen molar-refractivity contribution >= 4 is 28.9 Å². The topological polar surface area (TPSA) is 55.1 Å². The van der Waals surface area contributed by atoms with Gasteiger partial charge < -0.3 is 11.1 Å². The fourth-order valence-corrected chi connectivity index (χ4v) is 2.09. The van der Waals surface area contributed by atoms with Gasteiger partial charge in [0.25, 0.3) is 0 Å². The first kappa shape index (κ1) is 15.8. The molecular formula is C15H23ClN2O. The van der Waals surface area contributed by atoms with Crippen LogP contribution in [0, 0.1) is 0 Å². The summed E-state index contributed by atoms with van der Waals surface area (Å²) in [7, 11) is 0. The molecule has 19 heavy (non-hydrogen) atoms. The van der Waals surface area contributed by atoms with Crippen molar-refractivity contribution in [3.05, 3.63) is 23.2 Å². The highest BCUT2D eigenvalue weighted by atomic mass is 35.5. The molecule has 1 aromatic carbocycles. The summed E-state index contributed by atoms with van der Waals surface area (Å²) in [5.41, 5.74) is 6.92. The first-order chi connectivity index (χ1) is 9.13. The zero-order valence-electron chi connectivity index (χ0n) is 11.5. The summed E-state index contributed by atoms with van der Waals surface area (Å²) in [4.78, 5) is 11.8. The predicted molar refractivity (Wildman–Crippen MR) is 82.5 cm³/mol. The molecule has 0 fully saturated rings. The van der Waals surface area contributed by atoms with Crippen LogP contribution < -0.4 is 11.1 Å². The number of carbonyl (C=O) groups excluding carboxylic acids is 1. The Balaban J connectivity index is 2.25. The Hall–Kier alpha value is -1.22. The number of benzene rings is 1. The summed E-state index contributed by atoms with van der Waals surface area (Å²) in [6.45, 7) is 2.20. The monoisotopic (exact) mass is 282 g/mol. The number of hydrogen-bond donors (Lipinski definition) is 2. The zero-order chi connectivity index (χ0) is 14.1. The lowest BCUT2D eigenvalue weighted by atomic mass is 10.1. The van der Waals surface area contributed by atoms with E-state index >= 15 is 0 Å². The number of hydrogen-bond acceptors (Lipinski definition) is 2. The van der Waals surface area contributed by atoms with Gasteiger partial charge >= 0.3 is 0 Å². The number of carbonyl (C=O) groups is 1. The van der Waals surface area contributed by atoms with Crippen molar-refractivity contribution in [2.45, 2.75) is 51.9 Å². The van der Waals surface area contributed by atoms with E-state index in [1.807, 2.05) is 0 Å². The average Bonchev–Trinajstić information content (AvgIpc) is 2.38. The summed E-state index contributed by atoms with van der Waals surface area (Å²) in [5, 5.41) is 3.38. The second kappa shape index (κ2) is 8.81. The van der Waals surface area contributed by atoms with Gasteiger partial charge in [-0.1, -0.05) is 50.6 Å². The maximum absolute atomic E-state index is 11.8. The van der Waals surface area contributed by atoms with Crippen LogP contribution in [-0.4, -0.2) is 5.91 Å². The lowest BCUT2D eigenvalue weighted by Gasteiger charge is -2.08. The third kappa shape index (κ3) is 6.48. The van der Waals surface area contributed by atoms with Gasteiger partial charge in [0.15, 0.2) is 0 Å². The molecule has 1 rings (SSSR count). The largest absolute Gasteiger partial charge is 0.397 e. The van der Waals surface area contributed by atoms with Crippen LogP contribution in [0.2, 0.25) is 5.02 Å². The maximum Gasteiger partial charge on any atom is 0.224 e. The van der Waals surface area contributed by atoms with Crippen LogP contribution in [0.25, 0.3) is 0 Å². The smallest absolute Gasteiger partial charge is 0.224 e. The third-order valence-electron chi connectivity index (χ3n) is 3.05. The summed E-state index contributed by atoms with van der Waals surface area (Å²) < 4.78 is 0. The first-order valence-electron chi connectivity index (χ1n) is 6.98. The molecule has 0 unspecified atom stereocenters. The minimum atomic E-state index is 0.00413. The number of nitrogens with one attached hydrogen (secondary N) is 1. The molecule has 0 radical (unpaired) electrons. The van der Waals surface area contributed by atoms with E-state index in [-0.39, 0.29) is 5.91 Å². The molecule has 1 aromatic rings. The Bertz CT molecular complexity index is 407. The predicted octanol–water partition coefficient (Wildman–Crippen LogP) is 4.61. The zero-order valence-corrected chi connectivity index (χ0v) is 12.3. The van der Waals surface area contributed by atoms with Gasteiger partial charge in [0.2, 0.25) is 5.91 Å². The Morgan fingerprint density at radius 3 is 2.63 bits per heavy atom. The van der Waals surface area contributed by atoms with Crippen molar-refractivity contribution < 1.29 is 4.79 Å². The fraction of sp³-hybridized carbons (Fsp3) is 0.533. The molecule has 0 aliphatic carbocycles. The molecule has 1 amide bonds. The van der Waals surface area contributed by atoms with Gasteiger partial charge in [-0.05, 0) is 24.6 Å². The van der Waals surface area contributed by atoms with Crippen LogP contribution in [0.5, 0.6) is 0 Å². The molecule has 0 bridgehead atoms. The van der Waals surface area contributed by atoms with Gasteiger partial charge in [-0.2, -0.15) is 0 Å². The van der Waals surface area contributed by atoms with Crippen molar-refractivity contribution in [1.82, 2.24) is 0 Å². The third-order valence-corrected chi connectivity index (χ3v) is 3.28. The normalized spacial score (nSPS) is 10.4. The SMILES string of the molecule is CCCCCCCCC(=O)Nc1cc(Cl)ccc1N. The van der Waals surface area contributed by atoms with Crippen LogP contribution >= 0.6 is 11.6 Å². The van der Waals surface area contributed by atoms with E-state index in [4.69, 9.17) is 17.3 Å². The number of rotatable bonds is 8. The summed E-state index contributed by atoms with van der Waals surface area (Å²) in [6, 6.07) is 5.08. The molecule has 0 aliphatic heterocycles. The quantitative estimate of drug-likeness (QED) is 0.540. The van der Waals surface area contributed by atoms with Gasteiger partial charge in [-0.15, -0.1) is 0 Å². The molecule has 0 atom stereocenters. The molecule has 0 aliphatic rings. The van der Waals surface area contributed by atoms with E-state index in [2.05, 4.69) is 12.2 Å². The Morgan fingerprint density at radius 1 is 1.21 bits per heavy atom. The van der Waals surface area contributed by atoms with Gasteiger partial charge in [0.1, 0.15) is 0 Å². The lowest BCUT2D eigenvalue weighted by molar-refractivity contribution is -0.116. The van der Waals surface area contributed by atoms with Gasteiger partial charge in [0.05, 0.1) is 11.4 Å². The van der Waals surface area contributed by atoms with Crippen molar-refractivity contribution in [3.8, 4) is 0 Å². The van der Waals surface area contributed by atoms with Gasteiger partial charge in [0, 0.05) is 11.4 Å². The standard InChI is InChI=1S/C15H23ClN2O/c1-2-3-4-5-6-7-8-15(19)18-14-11-12(16)9-10-13(14)17/h9-11H,2-8,17H2,1H3,(H,18,19). The van der Waals surface area contributed by atoms with Crippen molar-refractivity contribution in [2.75, 3.05) is 11.1 Å². The average molecular weight is 283 g/mol. The lowest BCUT2D eigenvalue weighted by Crippen LogP contribution is -2.12. The van der Waals surface area contributed by atoms with Crippen molar-refractivity contribution in [2.24, 2.45) is 0 Å². The molecule has 0 spiro atoms. The minimum absolute atomic E-state index is 0.00413. The Kier molecular flexibility index (Phi) is 7.34. The van der Waals surface area contributed by atoms with Crippen LogP contribution in [0.1, 0.15) is 51.9 Å². The maximum atomic E-state index is 11.8. The Morgan fingerprint density at radius 2 is 1.89 bits per heavy atom. The van der Waals surface area contributed by atoms with E-state index in [0.717, 1.165) is 12.8 Å². The summed E-state index contributed by atoms with van der Waals surface area (Å²) in [6.07, 6.45) is 7.58. The van der Waals surface area contributed by atoms with Crippen LogP contribution in [-0.2, 0) is 4.79 Å². The van der Waals surface area contributed by atoms with E-state index in [1.165, 1.54) is 25.7 Å². The van der Waals surface area contributed by atoms with E-state index in [0.29, 0.717) is 22.8 Å². The molecule has 0 heterocycles. The highest BCUT2D eigenvalue weighted by Crippen LogP contribution is 2.23. The first-order valence-corrected chi connectivity index (χ1v) is 7.36. The number of nitrogens with two attached hydrogens (primary N) is 1. The molecule has 0 saturated heterocycles. The molecule has 4 heteroatoms.